The number of methoxy groups -OCH3 is 1. The van der Waals surface area contributed by atoms with E-state index in [-0.39, 0.29) is 0 Å². The Hall–Kier alpha value is -3.75. The molecule has 174 valence electrons. The number of rotatable bonds is 6. The van der Waals surface area contributed by atoms with Crippen LogP contribution in [-0.2, 0) is 14.3 Å². The summed E-state index contributed by atoms with van der Waals surface area (Å²) in [6, 6.07) is 8.40. The van der Waals surface area contributed by atoms with E-state index in [4.69, 9.17) is 9.47 Å². The number of hydrogen-bond donors (Lipinski definition) is 2. The van der Waals surface area contributed by atoms with E-state index in [1.807, 2.05) is 13.0 Å². The van der Waals surface area contributed by atoms with Gasteiger partial charge < -0.3 is 19.9 Å². The summed E-state index contributed by atoms with van der Waals surface area (Å²) in [7, 11) is 1.48. The average Bonchev–Trinajstić information content (AvgIpc) is 2.78. The third-order valence-electron chi connectivity index (χ3n) is 5.66. The average molecular weight is 457 g/mol. The standard InChI is InChI=1S/C24H24FNO7/c1-13-10-11-19(32-2)18(12-13)26-21(27)14-6-3-4-7-15(14)23(30)33-24(31)16-8-5-9-17(25)20(16)22(28)29/h5,8-12,14-15H,3-4,6-7H2,1-2H3,(H,26,27)(H,28,29). The predicted octanol–water partition coefficient (Wildman–Crippen LogP) is 3.97. The van der Waals surface area contributed by atoms with Crippen LogP contribution in [0.3, 0.4) is 0 Å². The molecule has 2 N–H and O–H groups in total. The van der Waals surface area contributed by atoms with E-state index in [0.29, 0.717) is 37.1 Å². The Kier molecular flexibility index (Phi) is 7.42. The number of carbonyl (C=O) groups excluding carboxylic acids is 3. The lowest BCUT2D eigenvalue weighted by Crippen LogP contribution is -2.37. The number of amides is 1. The Balaban J connectivity index is 1.78. The molecule has 1 aliphatic rings. The highest BCUT2D eigenvalue weighted by Gasteiger charge is 2.38. The monoisotopic (exact) mass is 457 g/mol. The lowest BCUT2D eigenvalue weighted by Gasteiger charge is -2.28. The van der Waals surface area contributed by atoms with Gasteiger partial charge in [0, 0.05) is 0 Å². The van der Waals surface area contributed by atoms with E-state index in [2.05, 4.69) is 5.32 Å². The molecule has 0 bridgehead atoms. The van der Waals surface area contributed by atoms with Gasteiger partial charge in [0.05, 0.1) is 30.2 Å². The molecule has 1 fully saturated rings. The topological polar surface area (TPSA) is 119 Å². The highest BCUT2D eigenvalue weighted by atomic mass is 19.1. The van der Waals surface area contributed by atoms with Gasteiger partial charge in [-0.05, 0) is 49.6 Å². The van der Waals surface area contributed by atoms with Crippen molar-refractivity contribution in [2.24, 2.45) is 11.8 Å². The molecule has 0 aromatic heterocycles. The van der Waals surface area contributed by atoms with E-state index >= 15 is 0 Å². The predicted molar refractivity (Wildman–Crippen MR) is 116 cm³/mol. The minimum Gasteiger partial charge on any atom is -0.495 e. The van der Waals surface area contributed by atoms with Gasteiger partial charge in [0.1, 0.15) is 17.1 Å². The molecule has 9 heteroatoms. The van der Waals surface area contributed by atoms with E-state index < -0.39 is 52.6 Å². The number of aryl methyl sites for hydroxylation is 1. The Bertz CT molecular complexity index is 1100. The number of ether oxygens (including phenoxy) is 2. The molecule has 33 heavy (non-hydrogen) atoms. The van der Waals surface area contributed by atoms with E-state index in [0.717, 1.165) is 23.8 Å². The van der Waals surface area contributed by atoms with Crippen molar-refractivity contribution >= 4 is 29.5 Å². The van der Waals surface area contributed by atoms with Crippen LogP contribution < -0.4 is 10.1 Å². The Morgan fingerprint density at radius 2 is 1.76 bits per heavy atom. The second kappa shape index (κ2) is 10.2. The number of esters is 2. The van der Waals surface area contributed by atoms with Crippen molar-refractivity contribution in [1.29, 1.82) is 0 Å². The fourth-order valence-corrected chi connectivity index (χ4v) is 4.01. The van der Waals surface area contributed by atoms with Gasteiger partial charge in [0.15, 0.2) is 0 Å². The minimum atomic E-state index is -1.66. The lowest BCUT2D eigenvalue weighted by atomic mass is 9.78. The first-order valence-corrected chi connectivity index (χ1v) is 10.5. The molecule has 2 aromatic carbocycles. The van der Waals surface area contributed by atoms with Crippen LogP contribution in [0.5, 0.6) is 5.75 Å². The minimum absolute atomic E-state index is 0.324. The number of anilines is 1. The van der Waals surface area contributed by atoms with Crippen LogP contribution in [0, 0.1) is 24.6 Å². The van der Waals surface area contributed by atoms with Gasteiger partial charge in [0.25, 0.3) is 0 Å². The first-order valence-electron chi connectivity index (χ1n) is 10.5. The number of carboxylic acid groups (broad SMARTS) is 1. The molecule has 0 heterocycles. The zero-order valence-corrected chi connectivity index (χ0v) is 18.2. The van der Waals surface area contributed by atoms with Gasteiger partial charge in [-0.15, -0.1) is 0 Å². The third-order valence-corrected chi connectivity index (χ3v) is 5.66. The third kappa shape index (κ3) is 5.36. The molecule has 0 radical (unpaired) electrons. The van der Waals surface area contributed by atoms with Crippen molar-refractivity contribution in [2.45, 2.75) is 32.6 Å². The van der Waals surface area contributed by atoms with Gasteiger partial charge in [-0.2, -0.15) is 0 Å². The maximum atomic E-state index is 13.9. The zero-order valence-electron chi connectivity index (χ0n) is 18.2. The Labute approximate surface area is 189 Å². The summed E-state index contributed by atoms with van der Waals surface area (Å²) in [4.78, 5) is 49.6. The van der Waals surface area contributed by atoms with E-state index in [1.54, 1.807) is 12.1 Å². The molecule has 3 rings (SSSR count). The maximum Gasteiger partial charge on any atom is 0.346 e. The molecular weight excluding hydrogens is 433 g/mol. The van der Waals surface area contributed by atoms with Gasteiger partial charge >= 0.3 is 17.9 Å². The molecular formula is C24H24FNO7. The van der Waals surface area contributed by atoms with Crippen molar-refractivity contribution in [2.75, 3.05) is 12.4 Å². The largest absolute Gasteiger partial charge is 0.495 e. The fraction of sp³-hybridized carbons (Fsp3) is 0.333. The molecule has 1 amide bonds. The molecule has 8 nitrogen and oxygen atoms in total. The van der Waals surface area contributed by atoms with E-state index in [9.17, 15) is 28.7 Å². The molecule has 2 aromatic rings. The number of aromatic carboxylic acids is 1. The van der Waals surface area contributed by atoms with Crippen LogP contribution in [0.1, 0.15) is 52.0 Å². The van der Waals surface area contributed by atoms with Gasteiger partial charge in [-0.1, -0.05) is 25.0 Å². The molecule has 2 atom stereocenters. The number of nitrogens with one attached hydrogen (secondary N) is 1. The first kappa shape index (κ1) is 23.9. The number of carbonyl (C=O) groups is 4. The van der Waals surface area contributed by atoms with Crippen LogP contribution in [0.15, 0.2) is 36.4 Å². The van der Waals surface area contributed by atoms with Gasteiger partial charge in [-0.3, -0.25) is 9.59 Å². The van der Waals surface area contributed by atoms with Crippen molar-refractivity contribution in [3.05, 3.63) is 58.9 Å². The molecule has 0 spiro atoms. The molecule has 2 unspecified atom stereocenters. The smallest absolute Gasteiger partial charge is 0.346 e. The second-order valence-corrected chi connectivity index (χ2v) is 7.87. The van der Waals surface area contributed by atoms with Crippen molar-refractivity contribution in [1.82, 2.24) is 0 Å². The van der Waals surface area contributed by atoms with Gasteiger partial charge in [0.2, 0.25) is 5.91 Å². The van der Waals surface area contributed by atoms with Crippen LogP contribution in [0.4, 0.5) is 10.1 Å². The fourth-order valence-electron chi connectivity index (χ4n) is 4.01. The summed E-state index contributed by atoms with van der Waals surface area (Å²) in [5.74, 6) is -6.60. The van der Waals surface area contributed by atoms with Gasteiger partial charge in [-0.25, -0.2) is 14.0 Å². The summed E-state index contributed by atoms with van der Waals surface area (Å²) in [6.45, 7) is 1.86. The zero-order chi connectivity index (χ0) is 24.1. The number of halogens is 1. The Morgan fingerprint density at radius 1 is 1.06 bits per heavy atom. The molecule has 1 saturated carbocycles. The Morgan fingerprint density at radius 3 is 2.42 bits per heavy atom. The maximum absolute atomic E-state index is 13.9. The van der Waals surface area contributed by atoms with Crippen LogP contribution in [0.2, 0.25) is 0 Å². The van der Waals surface area contributed by atoms with Crippen molar-refractivity contribution < 1.29 is 38.1 Å². The molecule has 0 saturated heterocycles. The SMILES string of the molecule is COc1ccc(C)cc1NC(=O)C1CCCCC1C(=O)OC(=O)c1cccc(F)c1C(=O)O. The number of benzene rings is 2. The highest BCUT2D eigenvalue weighted by molar-refractivity contribution is 6.06. The van der Waals surface area contributed by atoms with E-state index in [1.165, 1.54) is 7.11 Å². The normalized spacial score (nSPS) is 17.7. The summed E-state index contributed by atoms with van der Waals surface area (Å²) in [6.07, 6.45) is 2.11. The number of hydrogen-bond acceptors (Lipinski definition) is 6. The quantitative estimate of drug-likeness (QED) is 0.498. The summed E-state index contributed by atoms with van der Waals surface area (Å²) in [5, 5.41) is 12.0. The number of carboxylic acids is 1. The summed E-state index contributed by atoms with van der Waals surface area (Å²) < 4.78 is 24.1. The summed E-state index contributed by atoms with van der Waals surface area (Å²) >= 11 is 0. The van der Waals surface area contributed by atoms with Crippen molar-refractivity contribution in [3.63, 3.8) is 0 Å². The highest BCUT2D eigenvalue weighted by Crippen LogP contribution is 2.34. The van der Waals surface area contributed by atoms with Crippen molar-refractivity contribution in [3.8, 4) is 5.75 Å². The lowest BCUT2D eigenvalue weighted by molar-refractivity contribution is -0.148. The van der Waals surface area contributed by atoms with Crippen LogP contribution in [-0.4, -0.2) is 36.0 Å². The summed E-state index contributed by atoms with van der Waals surface area (Å²) in [5.41, 5.74) is -0.0836. The van der Waals surface area contributed by atoms with Crippen LogP contribution in [0.25, 0.3) is 0 Å². The molecule has 0 aliphatic heterocycles. The molecule has 1 aliphatic carbocycles. The van der Waals surface area contributed by atoms with Crippen LogP contribution >= 0.6 is 0 Å². The second-order valence-electron chi connectivity index (χ2n) is 7.87. The first-order chi connectivity index (χ1) is 15.7.